The van der Waals surface area contributed by atoms with E-state index in [4.69, 9.17) is 0 Å². The molecule has 0 fully saturated rings. The van der Waals surface area contributed by atoms with Crippen LogP contribution in [0.3, 0.4) is 0 Å². The number of benzene rings is 1. The second-order valence-corrected chi connectivity index (χ2v) is 6.97. The van der Waals surface area contributed by atoms with Crippen LogP contribution in [0.15, 0.2) is 52.8 Å². The van der Waals surface area contributed by atoms with Gasteiger partial charge in [0.05, 0.1) is 6.54 Å². The van der Waals surface area contributed by atoms with Crippen molar-refractivity contribution in [2.45, 2.75) is 25.9 Å². The van der Waals surface area contributed by atoms with Crippen molar-refractivity contribution in [1.82, 2.24) is 10.6 Å². The summed E-state index contributed by atoms with van der Waals surface area (Å²) >= 11 is 1.55. The van der Waals surface area contributed by atoms with Gasteiger partial charge in [-0.15, -0.1) is 11.3 Å². The summed E-state index contributed by atoms with van der Waals surface area (Å²) in [6, 6.07) is 14.1. The molecule has 0 radical (unpaired) electrons. The molecule has 0 spiro atoms. The summed E-state index contributed by atoms with van der Waals surface area (Å²) < 4.78 is 0. The minimum atomic E-state index is -0.939. The molecule has 0 bridgehead atoms. The second kappa shape index (κ2) is 10.1. The number of guanidine groups is 1. The molecule has 0 aliphatic carbocycles. The minimum Gasteiger partial charge on any atom is -0.385 e. The molecule has 2 aromatic rings. The van der Waals surface area contributed by atoms with E-state index in [1.54, 1.807) is 18.3 Å². The third-order valence-electron chi connectivity index (χ3n) is 3.69. The third-order valence-corrected chi connectivity index (χ3v) is 4.81. The highest BCUT2D eigenvalue weighted by atomic mass is 32.1. The number of nitrogens with zero attached hydrogens (tertiary/aromatic N) is 1. The minimum absolute atomic E-state index is 0.325. The molecule has 1 aromatic carbocycles. The van der Waals surface area contributed by atoms with Crippen LogP contribution in [0.5, 0.6) is 0 Å². The second-order valence-electron chi connectivity index (χ2n) is 6.02. The van der Waals surface area contributed by atoms with E-state index in [2.05, 4.69) is 33.1 Å². The number of anilines is 1. The van der Waals surface area contributed by atoms with Crippen LogP contribution < -0.4 is 16.0 Å². The highest BCUT2D eigenvalue weighted by Gasteiger charge is 2.23. The van der Waals surface area contributed by atoms with E-state index >= 15 is 0 Å². The Morgan fingerprint density at radius 3 is 2.60 bits per heavy atom. The van der Waals surface area contributed by atoms with Gasteiger partial charge in [0, 0.05) is 30.2 Å². The van der Waals surface area contributed by atoms with Crippen molar-refractivity contribution in [1.29, 1.82) is 0 Å². The quantitative estimate of drug-likeness (QED) is 0.315. The van der Waals surface area contributed by atoms with E-state index in [1.807, 2.05) is 42.6 Å². The Kier molecular flexibility index (Phi) is 7.76. The predicted molar refractivity (Wildman–Crippen MR) is 107 cm³/mol. The number of hydrogen-bond donors (Lipinski definition) is 4. The van der Waals surface area contributed by atoms with Gasteiger partial charge in [0.1, 0.15) is 5.60 Å². The summed E-state index contributed by atoms with van der Waals surface area (Å²) in [5, 5.41) is 22.5. The van der Waals surface area contributed by atoms with Crippen molar-refractivity contribution in [2.24, 2.45) is 4.99 Å². The zero-order chi connectivity index (χ0) is 18.0. The molecule has 1 aromatic heterocycles. The van der Waals surface area contributed by atoms with Crippen molar-refractivity contribution in [2.75, 3.05) is 31.5 Å². The monoisotopic (exact) mass is 360 g/mol. The normalized spacial score (nSPS) is 14.0. The molecular weight excluding hydrogens is 332 g/mol. The molecule has 136 valence electrons. The van der Waals surface area contributed by atoms with E-state index in [0.29, 0.717) is 6.54 Å². The van der Waals surface area contributed by atoms with Gasteiger partial charge in [-0.1, -0.05) is 24.3 Å². The van der Waals surface area contributed by atoms with Crippen LogP contribution in [0.4, 0.5) is 5.69 Å². The third kappa shape index (κ3) is 6.76. The molecule has 0 saturated carbocycles. The molecule has 0 aliphatic heterocycles. The summed E-state index contributed by atoms with van der Waals surface area (Å²) in [6.07, 6.45) is 0.973. The van der Waals surface area contributed by atoms with Crippen molar-refractivity contribution in [3.63, 3.8) is 0 Å². The zero-order valence-electron chi connectivity index (χ0n) is 15.0. The van der Waals surface area contributed by atoms with E-state index in [1.165, 1.54) is 0 Å². The lowest BCUT2D eigenvalue weighted by molar-refractivity contribution is 0.0711. The average molecular weight is 361 g/mol. The van der Waals surface area contributed by atoms with Crippen LogP contribution in [0.2, 0.25) is 0 Å². The molecular formula is C19H28N4OS. The molecule has 25 heavy (non-hydrogen) atoms. The summed E-state index contributed by atoms with van der Waals surface area (Å²) in [5.74, 6) is 0.735. The van der Waals surface area contributed by atoms with Crippen molar-refractivity contribution in [3.05, 3.63) is 52.7 Å². The maximum atomic E-state index is 10.6. The summed E-state index contributed by atoms with van der Waals surface area (Å²) in [6.45, 7) is 6.65. The number of nitrogens with one attached hydrogen (secondary N) is 3. The van der Waals surface area contributed by atoms with Gasteiger partial charge in [-0.25, -0.2) is 4.99 Å². The number of aliphatic hydroxyl groups is 1. The average Bonchev–Trinajstić information content (AvgIpc) is 3.16. The largest absolute Gasteiger partial charge is 0.385 e. The van der Waals surface area contributed by atoms with Gasteiger partial charge in [0.15, 0.2) is 5.96 Å². The number of hydrogen-bond acceptors (Lipinski definition) is 4. The summed E-state index contributed by atoms with van der Waals surface area (Å²) in [4.78, 5) is 5.46. The topological polar surface area (TPSA) is 68.7 Å². The van der Waals surface area contributed by atoms with E-state index in [0.717, 1.165) is 42.6 Å². The molecule has 1 heterocycles. The first-order chi connectivity index (χ1) is 12.1. The molecule has 4 N–H and O–H groups in total. The Hall–Kier alpha value is -2.05. The fourth-order valence-electron chi connectivity index (χ4n) is 2.32. The Morgan fingerprint density at radius 1 is 1.12 bits per heavy atom. The van der Waals surface area contributed by atoms with Crippen LogP contribution in [0.25, 0.3) is 0 Å². The van der Waals surface area contributed by atoms with Crippen LogP contribution in [-0.4, -0.2) is 37.2 Å². The molecule has 0 aliphatic rings. The first-order valence-corrected chi connectivity index (χ1v) is 9.57. The lowest BCUT2D eigenvalue weighted by Gasteiger charge is -2.20. The summed E-state index contributed by atoms with van der Waals surface area (Å²) in [7, 11) is 0. The van der Waals surface area contributed by atoms with Crippen molar-refractivity contribution >= 4 is 23.0 Å². The van der Waals surface area contributed by atoms with Crippen LogP contribution in [0.1, 0.15) is 25.1 Å². The van der Waals surface area contributed by atoms with Gasteiger partial charge < -0.3 is 21.1 Å². The van der Waals surface area contributed by atoms with Crippen molar-refractivity contribution < 1.29 is 5.11 Å². The molecule has 0 saturated heterocycles. The van der Waals surface area contributed by atoms with E-state index in [9.17, 15) is 5.11 Å². The van der Waals surface area contributed by atoms with Gasteiger partial charge >= 0.3 is 0 Å². The van der Waals surface area contributed by atoms with Gasteiger partial charge in [-0.3, -0.25) is 0 Å². The van der Waals surface area contributed by atoms with Crippen molar-refractivity contribution in [3.8, 4) is 0 Å². The molecule has 1 atom stereocenters. The standard InChI is InChI=1S/C19H28N4OS/c1-3-20-18(23-15-19(2,24)17-11-7-14-25-17)22-13-8-12-21-16-9-5-4-6-10-16/h4-7,9-11,14,21,24H,3,8,12-13,15H2,1-2H3,(H2,20,22,23). The highest BCUT2D eigenvalue weighted by Crippen LogP contribution is 2.25. The maximum absolute atomic E-state index is 10.6. The van der Waals surface area contributed by atoms with Gasteiger partial charge in [-0.05, 0) is 43.8 Å². The maximum Gasteiger partial charge on any atom is 0.191 e. The molecule has 6 heteroatoms. The van der Waals surface area contributed by atoms with Gasteiger partial charge in [0.25, 0.3) is 0 Å². The predicted octanol–water partition coefficient (Wildman–Crippen LogP) is 3.01. The smallest absolute Gasteiger partial charge is 0.191 e. The fourth-order valence-corrected chi connectivity index (χ4v) is 3.10. The van der Waals surface area contributed by atoms with Gasteiger partial charge in [0.2, 0.25) is 0 Å². The van der Waals surface area contributed by atoms with E-state index in [-0.39, 0.29) is 0 Å². The first-order valence-electron chi connectivity index (χ1n) is 8.69. The zero-order valence-corrected chi connectivity index (χ0v) is 15.8. The molecule has 5 nitrogen and oxygen atoms in total. The highest BCUT2D eigenvalue weighted by molar-refractivity contribution is 7.10. The molecule has 1 unspecified atom stereocenters. The van der Waals surface area contributed by atoms with Crippen LogP contribution in [-0.2, 0) is 5.60 Å². The number of para-hydroxylation sites is 1. The molecule has 0 amide bonds. The van der Waals surface area contributed by atoms with Crippen LogP contribution >= 0.6 is 11.3 Å². The van der Waals surface area contributed by atoms with Gasteiger partial charge in [-0.2, -0.15) is 0 Å². The Balaban J connectivity index is 1.75. The lowest BCUT2D eigenvalue weighted by Crippen LogP contribution is -2.39. The fraction of sp³-hybridized carbons (Fsp3) is 0.421. The SMILES string of the molecule is CCNC(=NCC(C)(O)c1cccs1)NCCCNc1ccccc1. The van der Waals surface area contributed by atoms with Crippen LogP contribution in [0, 0.1) is 0 Å². The first kappa shape index (κ1) is 19.3. The number of aliphatic imine (C=N–C) groups is 1. The Labute approximate surface area is 154 Å². The Morgan fingerprint density at radius 2 is 1.92 bits per heavy atom. The number of thiophene rings is 1. The van der Waals surface area contributed by atoms with E-state index < -0.39 is 5.60 Å². The molecule has 2 rings (SSSR count). The lowest BCUT2D eigenvalue weighted by atomic mass is 10.1. The Bertz CT molecular complexity index is 626. The summed E-state index contributed by atoms with van der Waals surface area (Å²) in [5.41, 5.74) is 0.195. The number of rotatable bonds is 9.